The van der Waals surface area contributed by atoms with Gasteiger partial charge < -0.3 is 0 Å². The third-order valence-corrected chi connectivity index (χ3v) is 5.96. The SMILES string of the molecule is CCCCCCCCCCCCCCSc1n[nH]c(=S)s1. The lowest BCUT2D eigenvalue weighted by molar-refractivity contribution is 0.548. The maximum absolute atomic E-state index is 5.02. The number of aromatic nitrogens is 2. The highest BCUT2D eigenvalue weighted by molar-refractivity contribution is 8.01. The highest BCUT2D eigenvalue weighted by Crippen LogP contribution is 2.22. The Labute approximate surface area is 143 Å². The number of hydrogen-bond acceptors (Lipinski definition) is 4. The van der Waals surface area contributed by atoms with E-state index in [-0.39, 0.29) is 0 Å². The Kier molecular flexibility index (Phi) is 12.6. The number of hydrogen-bond donors (Lipinski definition) is 1. The van der Waals surface area contributed by atoms with Gasteiger partial charge in [-0.05, 0) is 18.6 Å². The smallest absolute Gasteiger partial charge is 0.177 e. The molecule has 0 radical (unpaired) electrons. The van der Waals surface area contributed by atoms with E-state index in [0.717, 1.165) is 8.29 Å². The van der Waals surface area contributed by atoms with Crippen molar-refractivity contribution in [1.82, 2.24) is 10.2 Å². The lowest BCUT2D eigenvalue weighted by Crippen LogP contribution is -1.84. The number of unbranched alkanes of at least 4 members (excludes halogenated alkanes) is 11. The van der Waals surface area contributed by atoms with Gasteiger partial charge in [0.25, 0.3) is 0 Å². The van der Waals surface area contributed by atoms with Gasteiger partial charge in [0, 0.05) is 5.75 Å². The summed E-state index contributed by atoms with van der Waals surface area (Å²) in [6.45, 7) is 2.28. The molecule has 0 amide bonds. The number of aromatic amines is 1. The van der Waals surface area contributed by atoms with Gasteiger partial charge in [-0.25, -0.2) is 0 Å². The van der Waals surface area contributed by atoms with Gasteiger partial charge in [0.1, 0.15) is 0 Å². The van der Waals surface area contributed by atoms with Gasteiger partial charge >= 0.3 is 0 Å². The molecule has 0 saturated carbocycles. The largest absolute Gasteiger partial charge is 0.257 e. The fraction of sp³-hybridized carbons (Fsp3) is 0.875. The minimum Gasteiger partial charge on any atom is -0.257 e. The zero-order valence-electron chi connectivity index (χ0n) is 13.4. The van der Waals surface area contributed by atoms with Crippen molar-refractivity contribution in [2.45, 2.75) is 88.3 Å². The second kappa shape index (κ2) is 13.8. The molecule has 122 valence electrons. The number of rotatable bonds is 14. The molecule has 5 heteroatoms. The molecule has 0 bridgehead atoms. The first-order chi connectivity index (χ1) is 10.3. The van der Waals surface area contributed by atoms with Crippen molar-refractivity contribution in [2.75, 3.05) is 5.75 Å². The molecule has 0 aromatic carbocycles. The molecular weight excluding hydrogens is 316 g/mol. The molecule has 0 aliphatic rings. The van der Waals surface area contributed by atoms with Gasteiger partial charge in [-0.1, -0.05) is 101 Å². The molecule has 1 N–H and O–H groups in total. The lowest BCUT2D eigenvalue weighted by Gasteiger charge is -2.02. The quantitative estimate of drug-likeness (QED) is 0.223. The van der Waals surface area contributed by atoms with Crippen LogP contribution in [0.2, 0.25) is 0 Å². The molecule has 0 atom stereocenters. The first-order valence-electron chi connectivity index (χ1n) is 8.51. The highest BCUT2D eigenvalue weighted by atomic mass is 32.2. The Morgan fingerprint density at radius 2 is 1.43 bits per heavy atom. The maximum atomic E-state index is 5.02. The summed E-state index contributed by atoms with van der Waals surface area (Å²) in [6.07, 6.45) is 16.9. The van der Waals surface area contributed by atoms with Crippen LogP contribution in [-0.4, -0.2) is 16.0 Å². The normalized spacial score (nSPS) is 11.1. The maximum Gasteiger partial charge on any atom is 0.177 e. The van der Waals surface area contributed by atoms with Crippen LogP contribution in [0.5, 0.6) is 0 Å². The van der Waals surface area contributed by atoms with Crippen LogP contribution >= 0.6 is 35.3 Å². The molecule has 0 spiro atoms. The van der Waals surface area contributed by atoms with Crippen LogP contribution in [0, 0.1) is 3.95 Å². The van der Waals surface area contributed by atoms with Crippen LogP contribution in [0.25, 0.3) is 0 Å². The fourth-order valence-corrected chi connectivity index (χ4v) is 4.53. The topological polar surface area (TPSA) is 28.7 Å². The highest BCUT2D eigenvalue weighted by Gasteiger charge is 1.98. The van der Waals surface area contributed by atoms with Crippen LogP contribution in [0.3, 0.4) is 0 Å². The number of thioether (sulfide) groups is 1. The standard InChI is InChI=1S/C16H30N2S3/c1-2-3-4-5-6-7-8-9-10-11-12-13-14-20-16-18-17-15(19)21-16/h2-14H2,1H3,(H,17,19). The predicted octanol–water partition coefficient (Wildman–Crippen LogP) is 6.99. The summed E-state index contributed by atoms with van der Waals surface area (Å²) in [4.78, 5) is 0. The Bertz CT molecular complexity index is 387. The van der Waals surface area contributed by atoms with Crippen LogP contribution in [-0.2, 0) is 0 Å². The zero-order valence-corrected chi connectivity index (χ0v) is 15.8. The fourth-order valence-electron chi connectivity index (χ4n) is 2.38. The molecular formula is C16H30N2S3. The van der Waals surface area contributed by atoms with E-state index in [1.807, 2.05) is 11.8 Å². The minimum absolute atomic E-state index is 0.784. The van der Waals surface area contributed by atoms with E-state index >= 15 is 0 Å². The van der Waals surface area contributed by atoms with E-state index in [1.165, 1.54) is 82.8 Å². The van der Waals surface area contributed by atoms with Crippen LogP contribution < -0.4 is 0 Å². The van der Waals surface area contributed by atoms with Gasteiger partial charge in [0.05, 0.1) is 0 Å². The van der Waals surface area contributed by atoms with Crippen LogP contribution in [0.4, 0.5) is 0 Å². The summed E-state index contributed by atoms with van der Waals surface area (Å²) in [6, 6.07) is 0. The van der Waals surface area contributed by atoms with E-state index in [2.05, 4.69) is 17.1 Å². The molecule has 21 heavy (non-hydrogen) atoms. The van der Waals surface area contributed by atoms with Crippen molar-refractivity contribution < 1.29 is 0 Å². The van der Waals surface area contributed by atoms with Crippen molar-refractivity contribution >= 4 is 35.3 Å². The minimum atomic E-state index is 0.784. The Balaban J connectivity index is 1.75. The predicted molar refractivity (Wildman–Crippen MR) is 99.1 cm³/mol. The van der Waals surface area contributed by atoms with Crippen molar-refractivity contribution in [2.24, 2.45) is 0 Å². The number of H-pyrrole nitrogens is 1. The second-order valence-electron chi connectivity index (χ2n) is 5.62. The first-order valence-corrected chi connectivity index (χ1v) is 10.7. The summed E-state index contributed by atoms with van der Waals surface area (Å²) in [5.74, 6) is 1.17. The third-order valence-electron chi connectivity index (χ3n) is 3.64. The van der Waals surface area contributed by atoms with Gasteiger partial charge in [-0.3, -0.25) is 5.10 Å². The molecule has 1 rings (SSSR count). The molecule has 2 nitrogen and oxygen atoms in total. The average molecular weight is 347 g/mol. The second-order valence-corrected chi connectivity index (χ2v) is 8.62. The average Bonchev–Trinajstić information content (AvgIpc) is 2.89. The van der Waals surface area contributed by atoms with Crippen molar-refractivity contribution in [3.8, 4) is 0 Å². The lowest BCUT2D eigenvalue weighted by atomic mass is 10.1. The number of nitrogens with zero attached hydrogens (tertiary/aromatic N) is 1. The van der Waals surface area contributed by atoms with Gasteiger partial charge in [0.2, 0.25) is 0 Å². The van der Waals surface area contributed by atoms with Crippen molar-refractivity contribution in [3.05, 3.63) is 3.95 Å². The summed E-state index contributed by atoms with van der Waals surface area (Å²) < 4.78 is 1.87. The van der Waals surface area contributed by atoms with E-state index < -0.39 is 0 Å². The molecule has 0 aliphatic carbocycles. The molecule has 1 heterocycles. The Morgan fingerprint density at radius 1 is 0.905 bits per heavy atom. The summed E-state index contributed by atoms with van der Waals surface area (Å²) in [7, 11) is 0. The van der Waals surface area contributed by atoms with E-state index in [9.17, 15) is 0 Å². The molecule has 0 unspecified atom stereocenters. The molecule has 0 fully saturated rings. The summed E-state index contributed by atoms with van der Waals surface area (Å²) in [5.41, 5.74) is 0. The third kappa shape index (κ3) is 11.4. The Hall–Kier alpha value is 0.130. The van der Waals surface area contributed by atoms with Gasteiger partial charge in [0.15, 0.2) is 8.29 Å². The van der Waals surface area contributed by atoms with Crippen molar-refractivity contribution in [3.63, 3.8) is 0 Å². The summed E-state index contributed by atoms with van der Waals surface area (Å²) in [5, 5.41) is 6.99. The van der Waals surface area contributed by atoms with Crippen LogP contribution in [0.1, 0.15) is 84.0 Å². The van der Waals surface area contributed by atoms with E-state index in [0.29, 0.717) is 0 Å². The molecule has 1 aromatic heterocycles. The van der Waals surface area contributed by atoms with Gasteiger partial charge in [-0.15, -0.1) is 0 Å². The summed E-state index contributed by atoms with van der Waals surface area (Å²) >= 11 is 8.44. The van der Waals surface area contributed by atoms with Crippen LogP contribution in [0.15, 0.2) is 4.34 Å². The van der Waals surface area contributed by atoms with Crippen molar-refractivity contribution in [1.29, 1.82) is 0 Å². The molecule has 0 saturated heterocycles. The first kappa shape index (κ1) is 19.2. The molecule has 1 aromatic rings. The van der Waals surface area contributed by atoms with E-state index in [4.69, 9.17) is 12.2 Å². The molecule has 0 aliphatic heterocycles. The van der Waals surface area contributed by atoms with Gasteiger partial charge in [-0.2, -0.15) is 5.10 Å². The number of nitrogens with one attached hydrogen (secondary N) is 1. The zero-order chi connectivity index (χ0) is 15.2. The van der Waals surface area contributed by atoms with E-state index in [1.54, 1.807) is 11.3 Å². The Morgan fingerprint density at radius 3 is 1.90 bits per heavy atom. The monoisotopic (exact) mass is 346 g/mol.